The summed E-state index contributed by atoms with van der Waals surface area (Å²) in [5.74, 6) is 0. The van der Waals surface area contributed by atoms with Crippen LogP contribution in [0, 0.1) is 0 Å². The normalized spacial score (nSPS) is 22.1. The number of nitrogens with zero attached hydrogens (tertiary/aromatic N) is 3. The summed E-state index contributed by atoms with van der Waals surface area (Å²) in [4.78, 5) is 2.59. The molecular weight excluding hydrogens is 260 g/mol. The summed E-state index contributed by atoms with van der Waals surface area (Å²) < 4.78 is 2.20. The Hall–Kier alpha value is -0.870. The molecule has 4 heteroatoms. The van der Waals surface area contributed by atoms with Gasteiger partial charge in [0.05, 0.1) is 11.7 Å². The average molecular weight is 290 g/mol. The highest BCUT2D eigenvalue weighted by Gasteiger charge is 2.19. The molecule has 2 heterocycles. The van der Waals surface area contributed by atoms with Crippen molar-refractivity contribution in [2.45, 2.75) is 70.5 Å². The second-order valence-electron chi connectivity index (χ2n) is 6.72. The van der Waals surface area contributed by atoms with Crippen LogP contribution in [0.25, 0.3) is 0 Å². The number of piperidine rings is 1. The number of hydrogen-bond acceptors (Lipinski definition) is 3. The zero-order chi connectivity index (χ0) is 14.5. The largest absolute Gasteiger partial charge is 0.308 e. The number of nitrogens with one attached hydrogen (secondary N) is 1. The first-order chi connectivity index (χ1) is 10.3. The molecule has 0 spiro atoms. The van der Waals surface area contributed by atoms with Gasteiger partial charge in [0.25, 0.3) is 0 Å². The third kappa shape index (κ3) is 4.07. The first kappa shape index (κ1) is 15.0. The predicted molar refractivity (Wildman–Crippen MR) is 86.3 cm³/mol. The molecule has 1 saturated carbocycles. The Bertz CT molecular complexity index is 414. The maximum Gasteiger partial charge on any atom is 0.0762 e. The molecule has 118 valence electrons. The second-order valence-corrected chi connectivity index (χ2v) is 6.72. The molecule has 1 aliphatic heterocycles. The van der Waals surface area contributed by atoms with Crippen molar-refractivity contribution in [2.75, 3.05) is 19.6 Å². The van der Waals surface area contributed by atoms with Crippen LogP contribution in [0.5, 0.6) is 0 Å². The van der Waals surface area contributed by atoms with E-state index in [1.54, 1.807) is 0 Å². The van der Waals surface area contributed by atoms with Gasteiger partial charge < -0.3 is 10.2 Å². The molecule has 1 aliphatic carbocycles. The minimum Gasteiger partial charge on any atom is -0.308 e. The van der Waals surface area contributed by atoms with Gasteiger partial charge in [-0.3, -0.25) is 4.68 Å². The monoisotopic (exact) mass is 290 g/mol. The minimum atomic E-state index is 0.663. The first-order valence-corrected chi connectivity index (χ1v) is 8.85. The molecule has 0 amide bonds. The number of hydrogen-bond donors (Lipinski definition) is 1. The summed E-state index contributed by atoms with van der Waals surface area (Å²) >= 11 is 0. The van der Waals surface area contributed by atoms with Gasteiger partial charge in [0.2, 0.25) is 0 Å². The van der Waals surface area contributed by atoms with Crippen molar-refractivity contribution in [1.82, 2.24) is 20.0 Å². The summed E-state index contributed by atoms with van der Waals surface area (Å²) in [7, 11) is 0. The third-order valence-electron chi connectivity index (χ3n) is 5.06. The number of rotatable bonds is 6. The molecule has 0 unspecified atom stereocenters. The van der Waals surface area contributed by atoms with Crippen LogP contribution >= 0.6 is 0 Å². The van der Waals surface area contributed by atoms with E-state index < -0.39 is 0 Å². The predicted octanol–water partition coefficient (Wildman–Crippen LogP) is 2.96. The van der Waals surface area contributed by atoms with Gasteiger partial charge in [-0.25, -0.2) is 0 Å². The zero-order valence-corrected chi connectivity index (χ0v) is 13.4. The molecule has 1 aromatic rings. The molecule has 21 heavy (non-hydrogen) atoms. The van der Waals surface area contributed by atoms with Gasteiger partial charge in [0.15, 0.2) is 0 Å². The molecular formula is C17H30N4. The molecule has 0 bridgehead atoms. The molecule has 2 fully saturated rings. The van der Waals surface area contributed by atoms with Gasteiger partial charge in [-0.2, -0.15) is 5.10 Å². The standard InChI is InChI=1S/C17H30N4/c1-2-10-20-11-7-15(8-12-20)18-14-16-9-13-21(19-16)17-5-3-4-6-17/h9,13,15,17-18H,2-8,10-12,14H2,1H3. The summed E-state index contributed by atoms with van der Waals surface area (Å²) in [6.45, 7) is 6.96. The molecule has 4 nitrogen and oxygen atoms in total. The molecule has 0 atom stereocenters. The van der Waals surface area contributed by atoms with Gasteiger partial charge in [0.1, 0.15) is 0 Å². The lowest BCUT2D eigenvalue weighted by atomic mass is 10.0. The minimum absolute atomic E-state index is 0.663. The quantitative estimate of drug-likeness (QED) is 0.874. The van der Waals surface area contributed by atoms with Crippen LogP contribution in [0.2, 0.25) is 0 Å². The molecule has 3 rings (SSSR count). The van der Waals surface area contributed by atoms with Crippen LogP contribution in [0.4, 0.5) is 0 Å². The summed E-state index contributed by atoms with van der Waals surface area (Å²) in [6.07, 6.45) is 11.4. The lowest BCUT2D eigenvalue weighted by molar-refractivity contribution is 0.197. The zero-order valence-electron chi connectivity index (χ0n) is 13.4. The topological polar surface area (TPSA) is 33.1 Å². The Labute approximate surface area is 128 Å². The van der Waals surface area contributed by atoms with Gasteiger partial charge in [-0.15, -0.1) is 0 Å². The fourth-order valence-electron chi connectivity index (χ4n) is 3.77. The highest BCUT2D eigenvalue weighted by atomic mass is 15.3. The van der Waals surface area contributed by atoms with Crippen molar-refractivity contribution in [1.29, 1.82) is 0 Å². The maximum absolute atomic E-state index is 4.76. The van der Waals surface area contributed by atoms with E-state index in [0.29, 0.717) is 12.1 Å². The van der Waals surface area contributed by atoms with E-state index in [2.05, 4.69) is 34.1 Å². The Kier molecular flexibility index (Phi) is 5.31. The van der Waals surface area contributed by atoms with Gasteiger partial charge >= 0.3 is 0 Å². The Morgan fingerprint density at radius 3 is 2.67 bits per heavy atom. The Morgan fingerprint density at radius 1 is 1.19 bits per heavy atom. The van der Waals surface area contributed by atoms with E-state index in [1.807, 2.05) is 0 Å². The van der Waals surface area contributed by atoms with E-state index in [4.69, 9.17) is 5.10 Å². The Morgan fingerprint density at radius 2 is 1.95 bits per heavy atom. The van der Waals surface area contributed by atoms with Crippen molar-refractivity contribution in [3.05, 3.63) is 18.0 Å². The van der Waals surface area contributed by atoms with Crippen LogP contribution in [-0.2, 0) is 6.54 Å². The van der Waals surface area contributed by atoms with E-state index in [-0.39, 0.29) is 0 Å². The fraction of sp³-hybridized carbons (Fsp3) is 0.824. The lowest BCUT2D eigenvalue weighted by Crippen LogP contribution is -2.42. The summed E-state index contributed by atoms with van der Waals surface area (Å²) in [6, 6.07) is 3.53. The molecule has 1 saturated heterocycles. The molecule has 1 N–H and O–H groups in total. The van der Waals surface area contributed by atoms with Crippen LogP contribution in [-0.4, -0.2) is 40.4 Å². The fourth-order valence-corrected chi connectivity index (χ4v) is 3.77. The highest BCUT2D eigenvalue weighted by molar-refractivity contribution is 5.00. The molecule has 0 radical (unpaired) electrons. The van der Waals surface area contributed by atoms with Crippen molar-refractivity contribution >= 4 is 0 Å². The Balaban J connectivity index is 1.41. The molecule has 0 aromatic carbocycles. The van der Waals surface area contributed by atoms with Crippen LogP contribution in [0.15, 0.2) is 12.3 Å². The summed E-state index contributed by atoms with van der Waals surface area (Å²) in [5, 5.41) is 8.47. The van der Waals surface area contributed by atoms with Crippen molar-refractivity contribution in [3.8, 4) is 0 Å². The van der Waals surface area contributed by atoms with Crippen molar-refractivity contribution in [3.63, 3.8) is 0 Å². The van der Waals surface area contributed by atoms with E-state index in [0.717, 1.165) is 6.54 Å². The van der Waals surface area contributed by atoms with Gasteiger partial charge in [0, 0.05) is 18.8 Å². The highest BCUT2D eigenvalue weighted by Crippen LogP contribution is 2.28. The molecule has 2 aliphatic rings. The van der Waals surface area contributed by atoms with Crippen LogP contribution in [0.1, 0.15) is 63.6 Å². The van der Waals surface area contributed by atoms with Gasteiger partial charge in [-0.1, -0.05) is 19.8 Å². The molecule has 1 aromatic heterocycles. The van der Waals surface area contributed by atoms with Crippen LogP contribution < -0.4 is 5.32 Å². The van der Waals surface area contributed by atoms with Gasteiger partial charge in [-0.05, 0) is 57.8 Å². The van der Waals surface area contributed by atoms with E-state index >= 15 is 0 Å². The summed E-state index contributed by atoms with van der Waals surface area (Å²) in [5.41, 5.74) is 1.21. The SMILES string of the molecule is CCCN1CCC(NCc2ccn(C3CCCC3)n2)CC1. The van der Waals surface area contributed by atoms with E-state index in [1.165, 1.54) is 70.3 Å². The van der Waals surface area contributed by atoms with Crippen molar-refractivity contribution in [2.24, 2.45) is 0 Å². The number of likely N-dealkylation sites (tertiary alicyclic amines) is 1. The van der Waals surface area contributed by atoms with Crippen molar-refractivity contribution < 1.29 is 0 Å². The second kappa shape index (κ2) is 7.41. The maximum atomic E-state index is 4.76. The first-order valence-electron chi connectivity index (χ1n) is 8.85. The van der Waals surface area contributed by atoms with E-state index in [9.17, 15) is 0 Å². The smallest absolute Gasteiger partial charge is 0.0762 e. The van der Waals surface area contributed by atoms with Crippen LogP contribution in [0.3, 0.4) is 0 Å². The number of aromatic nitrogens is 2. The third-order valence-corrected chi connectivity index (χ3v) is 5.06. The average Bonchev–Trinajstić information content (AvgIpc) is 3.18. The lowest BCUT2D eigenvalue weighted by Gasteiger charge is -2.32.